The summed E-state index contributed by atoms with van der Waals surface area (Å²) in [6.45, 7) is 4.11. The summed E-state index contributed by atoms with van der Waals surface area (Å²) >= 11 is 0. The van der Waals surface area contributed by atoms with Crippen molar-refractivity contribution in [3.8, 4) is 11.6 Å². The predicted molar refractivity (Wildman–Crippen MR) is 51.6 cm³/mol. The molecule has 2 aromatic rings. The van der Waals surface area contributed by atoms with E-state index in [2.05, 4.69) is 28.8 Å². The summed E-state index contributed by atoms with van der Waals surface area (Å²) in [7, 11) is 0. The second kappa shape index (κ2) is 3.57. The molecule has 72 valence electrons. The van der Waals surface area contributed by atoms with E-state index in [0.29, 0.717) is 17.5 Å². The molecule has 0 radical (unpaired) electrons. The third-order valence-corrected chi connectivity index (χ3v) is 1.87. The number of hydrogen-bond acceptors (Lipinski definition) is 4. The van der Waals surface area contributed by atoms with Crippen molar-refractivity contribution >= 4 is 0 Å². The molecule has 14 heavy (non-hydrogen) atoms. The molecule has 2 aromatic heterocycles. The van der Waals surface area contributed by atoms with Crippen molar-refractivity contribution in [1.29, 1.82) is 0 Å². The average Bonchev–Trinajstić information content (AvgIpc) is 2.68. The minimum absolute atomic E-state index is 0.341. The summed E-state index contributed by atoms with van der Waals surface area (Å²) in [6, 6.07) is 0. The Balaban J connectivity index is 2.34. The lowest BCUT2D eigenvalue weighted by Gasteiger charge is -1.96. The summed E-state index contributed by atoms with van der Waals surface area (Å²) < 4.78 is 5.52. The Hall–Kier alpha value is -1.71. The molecule has 0 saturated heterocycles. The number of aromatic nitrogens is 3. The minimum Gasteiger partial charge on any atom is -0.440 e. The Morgan fingerprint density at radius 1 is 1.14 bits per heavy atom. The van der Waals surface area contributed by atoms with Crippen molar-refractivity contribution in [2.45, 2.75) is 19.8 Å². The summed E-state index contributed by atoms with van der Waals surface area (Å²) in [5, 5.41) is 0. The molecule has 0 unspecified atom stereocenters. The van der Waals surface area contributed by atoms with Crippen LogP contribution in [0.15, 0.2) is 29.2 Å². The van der Waals surface area contributed by atoms with Crippen molar-refractivity contribution in [2.24, 2.45) is 0 Å². The Morgan fingerprint density at radius 3 is 2.57 bits per heavy atom. The van der Waals surface area contributed by atoms with E-state index in [4.69, 9.17) is 4.42 Å². The largest absolute Gasteiger partial charge is 0.440 e. The van der Waals surface area contributed by atoms with E-state index in [9.17, 15) is 0 Å². The average molecular weight is 189 g/mol. The number of hydrogen-bond donors (Lipinski definition) is 0. The van der Waals surface area contributed by atoms with Gasteiger partial charge in [-0.05, 0) is 0 Å². The standard InChI is InChI=1S/C10H11N3O/c1-7(2)9-6-13-10(14-9)8-5-11-3-4-12-8/h3-7H,1-2H3. The Labute approximate surface area is 82.0 Å². The van der Waals surface area contributed by atoms with Gasteiger partial charge in [0.15, 0.2) is 0 Å². The fraction of sp³-hybridized carbons (Fsp3) is 0.300. The number of rotatable bonds is 2. The fourth-order valence-corrected chi connectivity index (χ4v) is 1.08. The molecular weight excluding hydrogens is 178 g/mol. The van der Waals surface area contributed by atoms with Crippen molar-refractivity contribution in [1.82, 2.24) is 15.0 Å². The van der Waals surface area contributed by atoms with Gasteiger partial charge in [0.2, 0.25) is 5.89 Å². The Bertz CT molecular complexity index is 408. The van der Waals surface area contributed by atoms with E-state index in [1.165, 1.54) is 0 Å². The summed E-state index contributed by atoms with van der Waals surface area (Å²) in [5.41, 5.74) is 0.666. The summed E-state index contributed by atoms with van der Waals surface area (Å²) in [6.07, 6.45) is 6.61. The van der Waals surface area contributed by atoms with Gasteiger partial charge in [-0.15, -0.1) is 0 Å². The van der Waals surface area contributed by atoms with Gasteiger partial charge in [-0.1, -0.05) is 13.8 Å². The van der Waals surface area contributed by atoms with Crippen LogP contribution in [-0.2, 0) is 0 Å². The maximum absolute atomic E-state index is 5.52. The van der Waals surface area contributed by atoms with Crippen LogP contribution in [0, 0.1) is 0 Å². The molecule has 0 atom stereocenters. The van der Waals surface area contributed by atoms with Crippen molar-refractivity contribution in [3.05, 3.63) is 30.5 Å². The second-order valence-corrected chi connectivity index (χ2v) is 3.31. The normalized spacial score (nSPS) is 10.8. The molecule has 4 nitrogen and oxygen atoms in total. The Kier molecular flexibility index (Phi) is 2.26. The van der Waals surface area contributed by atoms with E-state index in [1.807, 2.05) is 0 Å². The van der Waals surface area contributed by atoms with Gasteiger partial charge in [0.25, 0.3) is 0 Å². The van der Waals surface area contributed by atoms with Crippen LogP contribution in [0.3, 0.4) is 0 Å². The molecule has 0 aliphatic rings. The van der Waals surface area contributed by atoms with Crippen LogP contribution in [0.4, 0.5) is 0 Å². The van der Waals surface area contributed by atoms with Gasteiger partial charge >= 0.3 is 0 Å². The lowest BCUT2D eigenvalue weighted by molar-refractivity contribution is 0.493. The van der Waals surface area contributed by atoms with Crippen LogP contribution in [0.2, 0.25) is 0 Å². The molecule has 0 fully saturated rings. The fourth-order valence-electron chi connectivity index (χ4n) is 1.08. The first-order chi connectivity index (χ1) is 6.77. The van der Waals surface area contributed by atoms with E-state index in [-0.39, 0.29) is 0 Å². The van der Waals surface area contributed by atoms with Crippen LogP contribution >= 0.6 is 0 Å². The van der Waals surface area contributed by atoms with Crippen LogP contribution in [-0.4, -0.2) is 15.0 Å². The number of oxazole rings is 1. The third kappa shape index (κ3) is 1.64. The van der Waals surface area contributed by atoms with Crippen molar-refractivity contribution in [2.75, 3.05) is 0 Å². The molecular formula is C10H11N3O. The van der Waals surface area contributed by atoms with Gasteiger partial charge in [-0.2, -0.15) is 0 Å². The van der Waals surface area contributed by atoms with Gasteiger partial charge < -0.3 is 4.42 Å². The zero-order valence-electron chi connectivity index (χ0n) is 8.14. The van der Waals surface area contributed by atoms with Crippen LogP contribution in [0.25, 0.3) is 11.6 Å². The maximum atomic E-state index is 5.52. The van der Waals surface area contributed by atoms with E-state index in [0.717, 1.165) is 5.76 Å². The highest BCUT2D eigenvalue weighted by Gasteiger charge is 2.09. The monoisotopic (exact) mass is 189 g/mol. The highest BCUT2D eigenvalue weighted by Crippen LogP contribution is 2.20. The summed E-state index contributed by atoms with van der Waals surface area (Å²) in [5.74, 6) is 1.74. The molecule has 0 spiro atoms. The zero-order valence-corrected chi connectivity index (χ0v) is 8.14. The zero-order chi connectivity index (χ0) is 9.97. The predicted octanol–water partition coefficient (Wildman–Crippen LogP) is 2.25. The van der Waals surface area contributed by atoms with E-state index < -0.39 is 0 Å². The van der Waals surface area contributed by atoms with Gasteiger partial charge in [-0.25, -0.2) is 9.97 Å². The topological polar surface area (TPSA) is 51.8 Å². The number of nitrogens with zero attached hydrogens (tertiary/aromatic N) is 3. The molecule has 0 saturated carbocycles. The first-order valence-electron chi connectivity index (χ1n) is 4.49. The van der Waals surface area contributed by atoms with Crippen molar-refractivity contribution in [3.63, 3.8) is 0 Å². The molecule has 0 bridgehead atoms. The molecule has 4 heteroatoms. The summed E-state index contributed by atoms with van der Waals surface area (Å²) in [4.78, 5) is 12.2. The van der Waals surface area contributed by atoms with Crippen LogP contribution < -0.4 is 0 Å². The minimum atomic E-state index is 0.341. The molecule has 0 aliphatic heterocycles. The quantitative estimate of drug-likeness (QED) is 0.727. The first kappa shape index (κ1) is 8.87. The van der Waals surface area contributed by atoms with Gasteiger partial charge in [0.1, 0.15) is 11.5 Å². The van der Waals surface area contributed by atoms with Gasteiger partial charge in [0, 0.05) is 18.3 Å². The van der Waals surface area contributed by atoms with Crippen LogP contribution in [0.1, 0.15) is 25.5 Å². The first-order valence-corrected chi connectivity index (χ1v) is 4.49. The highest BCUT2D eigenvalue weighted by atomic mass is 16.4. The third-order valence-electron chi connectivity index (χ3n) is 1.87. The lowest BCUT2D eigenvalue weighted by Crippen LogP contribution is -1.83. The highest BCUT2D eigenvalue weighted by molar-refractivity contribution is 5.44. The molecule has 0 aromatic carbocycles. The maximum Gasteiger partial charge on any atom is 0.246 e. The SMILES string of the molecule is CC(C)c1cnc(-c2cnccn2)o1. The van der Waals surface area contributed by atoms with Crippen LogP contribution in [0.5, 0.6) is 0 Å². The van der Waals surface area contributed by atoms with Gasteiger partial charge in [-0.3, -0.25) is 4.98 Å². The Morgan fingerprint density at radius 2 is 2.00 bits per heavy atom. The van der Waals surface area contributed by atoms with E-state index >= 15 is 0 Å². The second-order valence-electron chi connectivity index (χ2n) is 3.31. The van der Waals surface area contributed by atoms with Crippen molar-refractivity contribution < 1.29 is 4.42 Å². The molecule has 2 heterocycles. The van der Waals surface area contributed by atoms with Gasteiger partial charge in [0.05, 0.1) is 12.4 Å². The molecule has 0 N–H and O–H groups in total. The van der Waals surface area contributed by atoms with E-state index in [1.54, 1.807) is 24.8 Å². The molecule has 0 amide bonds. The molecule has 2 rings (SSSR count). The molecule has 0 aliphatic carbocycles. The smallest absolute Gasteiger partial charge is 0.246 e. The lowest BCUT2D eigenvalue weighted by atomic mass is 10.2.